The van der Waals surface area contributed by atoms with Crippen molar-refractivity contribution >= 4 is 23.0 Å². The van der Waals surface area contributed by atoms with Gasteiger partial charge >= 0.3 is 5.97 Å². The first kappa shape index (κ1) is 15.6. The second-order valence-electron chi connectivity index (χ2n) is 4.83. The largest absolute Gasteiger partial charge is 0.462 e. The zero-order valence-corrected chi connectivity index (χ0v) is 13.3. The van der Waals surface area contributed by atoms with Gasteiger partial charge in [-0.2, -0.15) is 0 Å². The number of hydrogen-bond acceptors (Lipinski definition) is 4. The van der Waals surface area contributed by atoms with Crippen molar-refractivity contribution in [1.29, 1.82) is 0 Å². The summed E-state index contributed by atoms with van der Waals surface area (Å²) >= 11 is 1.76. The van der Waals surface area contributed by atoms with E-state index in [1.165, 1.54) is 4.88 Å². The number of carbonyl (C=O) groups excluding carboxylic acids is 1. The zero-order valence-electron chi connectivity index (χ0n) is 12.5. The Hall–Kier alpha value is -1.81. The predicted molar refractivity (Wildman–Crippen MR) is 88.0 cm³/mol. The van der Waals surface area contributed by atoms with Gasteiger partial charge in [-0.3, -0.25) is 0 Å². The molecule has 0 saturated heterocycles. The second-order valence-corrected chi connectivity index (χ2v) is 5.81. The van der Waals surface area contributed by atoms with Gasteiger partial charge in [0.05, 0.1) is 18.2 Å². The van der Waals surface area contributed by atoms with Crippen molar-refractivity contribution in [2.45, 2.75) is 32.7 Å². The summed E-state index contributed by atoms with van der Waals surface area (Å²) in [7, 11) is 0. The van der Waals surface area contributed by atoms with Crippen LogP contribution in [-0.2, 0) is 4.74 Å². The Morgan fingerprint density at radius 3 is 2.57 bits per heavy atom. The van der Waals surface area contributed by atoms with E-state index in [4.69, 9.17) is 4.74 Å². The van der Waals surface area contributed by atoms with Gasteiger partial charge in [0.2, 0.25) is 0 Å². The van der Waals surface area contributed by atoms with Crippen LogP contribution in [0.25, 0.3) is 0 Å². The first-order valence-electron chi connectivity index (χ1n) is 7.31. The zero-order chi connectivity index (χ0) is 15.1. The molecular weight excluding hydrogens is 282 g/mol. The summed E-state index contributed by atoms with van der Waals surface area (Å²) in [6.45, 7) is 4.61. The van der Waals surface area contributed by atoms with E-state index in [9.17, 15) is 4.79 Å². The Labute approximate surface area is 130 Å². The molecule has 0 amide bonds. The predicted octanol–water partition coefficient (Wildman–Crippen LogP) is 4.88. The molecule has 1 unspecified atom stereocenters. The Balaban J connectivity index is 2.00. The summed E-state index contributed by atoms with van der Waals surface area (Å²) in [5.41, 5.74) is 1.61. The van der Waals surface area contributed by atoms with Crippen molar-refractivity contribution in [3.05, 3.63) is 52.2 Å². The first-order valence-corrected chi connectivity index (χ1v) is 8.19. The van der Waals surface area contributed by atoms with Crippen LogP contribution >= 0.6 is 11.3 Å². The third-order valence-corrected chi connectivity index (χ3v) is 4.18. The molecule has 2 aromatic rings. The lowest BCUT2D eigenvalue weighted by Gasteiger charge is -2.17. The van der Waals surface area contributed by atoms with Crippen molar-refractivity contribution < 1.29 is 9.53 Å². The first-order chi connectivity index (χ1) is 10.2. The average Bonchev–Trinajstić information content (AvgIpc) is 3.05. The minimum absolute atomic E-state index is 0.256. The highest BCUT2D eigenvalue weighted by Crippen LogP contribution is 2.26. The van der Waals surface area contributed by atoms with E-state index in [2.05, 4.69) is 29.8 Å². The van der Waals surface area contributed by atoms with E-state index in [1.54, 1.807) is 11.3 Å². The van der Waals surface area contributed by atoms with Gasteiger partial charge in [-0.05, 0) is 48.6 Å². The molecule has 0 aliphatic rings. The monoisotopic (exact) mass is 303 g/mol. The van der Waals surface area contributed by atoms with Crippen LogP contribution in [0.15, 0.2) is 41.8 Å². The Morgan fingerprint density at radius 1 is 1.24 bits per heavy atom. The summed E-state index contributed by atoms with van der Waals surface area (Å²) in [6, 6.07) is 12.0. The number of thiophene rings is 1. The molecule has 1 aromatic heterocycles. The maximum Gasteiger partial charge on any atom is 0.338 e. The number of nitrogens with one attached hydrogen (secondary N) is 1. The lowest BCUT2D eigenvalue weighted by Crippen LogP contribution is -2.09. The third-order valence-electron chi connectivity index (χ3n) is 3.19. The maximum absolute atomic E-state index is 11.7. The van der Waals surface area contributed by atoms with Gasteiger partial charge in [-0.15, -0.1) is 11.3 Å². The molecule has 0 aliphatic carbocycles. The lowest BCUT2D eigenvalue weighted by molar-refractivity contribution is 0.0505. The molecule has 1 N–H and O–H groups in total. The molecule has 21 heavy (non-hydrogen) atoms. The maximum atomic E-state index is 11.7. The number of hydrogen-bond donors (Lipinski definition) is 1. The molecule has 1 atom stereocenters. The van der Waals surface area contributed by atoms with E-state index < -0.39 is 0 Å². The smallest absolute Gasteiger partial charge is 0.338 e. The molecular formula is C17H21NO2S. The Morgan fingerprint density at radius 2 is 2.00 bits per heavy atom. The van der Waals surface area contributed by atoms with Crippen molar-refractivity contribution in [3.63, 3.8) is 0 Å². The summed E-state index contributed by atoms with van der Waals surface area (Å²) in [6.07, 6.45) is 1.85. The van der Waals surface area contributed by atoms with Crippen molar-refractivity contribution in [3.8, 4) is 0 Å². The third kappa shape index (κ3) is 4.33. The van der Waals surface area contributed by atoms with Gasteiger partial charge in [0.25, 0.3) is 0 Å². The molecule has 0 bridgehead atoms. The van der Waals surface area contributed by atoms with E-state index >= 15 is 0 Å². The molecule has 0 fully saturated rings. The highest BCUT2D eigenvalue weighted by atomic mass is 32.1. The molecule has 112 valence electrons. The number of carbonyl (C=O) groups is 1. The number of ether oxygens (including phenoxy) is 1. The molecule has 0 radical (unpaired) electrons. The fraction of sp³-hybridized carbons (Fsp3) is 0.353. The summed E-state index contributed by atoms with van der Waals surface area (Å²) in [5, 5.41) is 5.59. The number of rotatable bonds is 7. The summed E-state index contributed by atoms with van der Waals surface area (Å²) < 4.78 is 5.12. The molecule has 4 heteroatoms. The molecule has 2 rings (SSSR count). The Bertz CT molecular complexity index is 549. The van der Waals surface area contributed by atoms with Crippen molar-refractivity contribution in [2.24, 2.45) is 0 Å². The standard InChI is InChI=1S/C17H21NO2S/c1-3-11-20-17(19)13-7-9-14(10-8-13)18-15(4-2)16-6-5-12-21-16/h5-10,12,15,18H,3-4,11H2,1-2H3. The van der Waals surface area contributed by atoms with E-state index in [1.807, 2.05) is 31.2 Å². The summed E-state index contributed by atoms with van der Waals surface area (Å²) in [4.78, 5) is 13.1. The molecule has 1 heterocycles. The van der Waals surface area contributed by atoms with Gasteiger partial charge in [0.1, 0.15) is 0 Å². The van der Waals surface area contributed by atoms with Crippen LogP contribution in [0.3, 0.4) is 0 Å². The number of anilines is 1. The quantitative estimate of drug-likeness (QED) is 0.741. The highest BCUT2D eigenvalue weighted by Gasteiger charge is 2.11. The van der Waals surface area contributed by atoms with Crippen LogP contribution in [0.2, 0.25) is 0 Å². The van der Waals surface area contributed by atoms with Gasteiger partial charge in [-0.25, -0.2) is 4.79 Å². The van der Waals surface area contributed by atoms with E-state index in [-0.39, 0.29) is 5.97 Å². The fourth-order valence-corrected chi connectivity index (χ4v) is 2.91. The normalized spacial score (nSPS) is 11.9. The van der Waals surface area contributed by atoms with Crippen LogP contribution in [0.1, 0.15) is 48.0 Å². The van der Waals surface area contributed by atoms with Gasteiger partial charge < -0.3 is 10.1 Å². The Kier molecular flexibility index (Phi) is 5.81. The van der Waals surface area contributed by atoms with E-state index in [0.717, 1.165) is 18.5 Å². The summed E-state index contributed by atoms with van der Waals surface area (Å²) in [5.74, 6) is -0.256. The van der Waals surface area contributed by atoms with Gasteiger partial charge in [0.15, 0.2) is 0 Å². The molecule has 0 aliphatic heterocycles. The number of benzene rings is 1. The highest BCUT2D eigenvalue weighted by molar-refractivity contribution is 7.10. The topological polar surface area (TPSA) is 38.3 Å². The minimum atomic E-state index is -0.256. The van der Waals surface area contributed by atoms with Crippen LogP contribution in [0.4, 0.5) is 5.69 Å². The van der Waals surface area contributed by atoms with Gasteiger partial charge in [0, 0.05) is 10.6 Å². The van der Waals surface area contributed by atoms with Crippen LogP contribution in [-0.4, -0.2) is 12.6 Å². The second kappa shape index (κ2) is 7.84. The van der Waals surface area contributed by atoms with Gasteiger partial charge in [-0.1, -0.05) is 19.9 Å². The molecule has 1 aromatic carbocycles. The molecule has 0 spiro atoms. The minimum Gasteiger partial charge on any atom is -0.462 e. The van der Waals surface area contributed by atoms with E-state index in [0.29, 0.717) is 18.2 Å². The molecule has 3 nitrogen and oxygen atoms in total. The fourth-order valence-electron chi connectivity index (χ4n) is 2.05. The van der Waals surface area contributed by atoms with Crippen LogP contribution in [0, 0.1) is 0 Å². The molecule has 0 saturated carbocycles. The average molecular weight is 303 g/mol. The SMILES string of the molecule is CCCOC(=O)c1ccc(NC(CC)c2cccs2)cc1. The van der Waals surface area contributed by atoms with Crippen molar-refractivity contribution in [1.82, 2.24) is 0 Å². The van der Waals surface area contributed by atoms with Crippen LogP contribution < -0.4 is 5.32 Å². The lowest BCUT2D eigenvalue weighted by atomic mass is 10.1. The number of esters is 1. The van der Waals surface area contributed by atoms with Crippen LogP contribution in [0.5, 0.6) is 0 Å². The van der Waals surface area contributed by atoms with Crippen molar-refractivity contribution in [2.75, 3.05) is 11.9 Å².